The van der Waals surface area contributed by atoms with Gasteiger partial charge in [0.05, 0.1) is 13.2 Å². The number of nitrogens with one attached hydrogen (secondary N) is 2. The number of carbonyl (C=O) groups is 1. The van der Waals surface area contributed by atoms with E-state index in [4.69, 9.17) is 4.74 Å². The zero-order valence-electron chi connectivity index (χ0n) is 11.1. The molecule has 1 rings (SSSR count). The highest BCUT2D eigenvalue weighted by molar-refractivity contribution is 5.73. The molecule has 1 atom stereocenters. The van der Waals surface area contributed by atoms with E-state index in [0.717, 1.165) is 5.56 Å². The van der Waals surface area contributed by atoms with Gasteiger partial charge < -0.3 is 20.5 Å². The van der Waals surface area contributed by atoms with Crippen LogP contribution in [0.2, 0.25) is 0 Å². The molecule has 2 amide bonds. The van der Waals surface area contributed by atoms with E-state index in [-0.39, 0.29) is 19.0 Å². The summed E-state index contributed by atoms with van der Waals surface area (Å²) in [4.78, 5) is 11.5. The number of halogens is 1. The second-order valence-corrected chi connectivity index (χ2v) is 4.59. The average molecular weight is 270 g/mol. The van der Waals surface area contributed by atoms with Gasteiger partial charge in [0.2, 0.25) is 0 Å². The Labute approximate surface area is 111 Å². The number of carbonyl (C=O) groups excluding carboxylic acids is 1. The van der Waals surface area contributed by atoms with E-state index < -0.39 is 11.6 Å². The number of urea groups is 1. The van der Waals surface area contributed by atoms with Crippen molar-refractivity contribution in [2.24, 2.45) is 0 Å². The van der Waals surface area contributed by atoms with Crippen LogP contribution in [0, 0.1) is 5.82 Å². The van der Waals surface area contributed by atoms with Crippen LogP contribution < -0.4 is 10.6 Å². The quantitative estimate of drug-likeness (QED) is 0.723. The van der Waals surface area contributed by atoms with Crippen molar-refractivity contribution in [1.29, 1.82) is 0 Å². The first-order chi connectivity index (χ1) is 8.93. The Bertz CT molecular complexity index is 407. The summed E-state index contributed by atoms with van der Waals surface area (Å²) in [6.07, 6.45) is 0. The molecule has 0 unspecified atom stereocenters. The summed E-state index contributed by atoms with van der Waals surface area (Å²) in [7, 11) is 1.48. The van der Waals surface area contributed by atoms with E-state index in [1.165, 1.54) is 19.2 Å². The van der Waals surface area contributed by atoms with Crippen LogP contribution in [0.3, 0.4) is 0 Å². The average Bonchev–Trinajstić information content (AvgIpc) is 2.36. The third-order valence-electron chi connectivity index (χ3n) is 2.45. The summed E-state index contributed by atoms with van der Waals surface area (Å²) < 4.78 is 17.5. The van der Waals surface area contributed by atoms with E-state index in [9.17, 15) is 14.3 Å². The molecule has 19 heavy (non-hydrogen) atoms. The van der Waals surface area contributed by atoms with Gasteiger partial charge in [-0.1, -0.05) is 12.1 Å². The molecule has 0 radical (unpaired) electrons. The highest BCUT2D eigenvalue weighted by atomic mass is 19.1. The van der Waals surface area contributed by atoms with Crippen LogP contribution in [0.15, 0.2) is 24.3 Å². The van der Waals surface area contributed by atoms with Crippen molar-refractivity contribution < 1.29 is 19.0 Å². The monoisotopic (exact) mass is 270 g/mol. The maximum atomic E-state index is 12.7. The van der Waals surface area contributed by atoms with Crippen molar-refractivity contribution in [3.05, 3.63) is 35.6 Å². The van der Waals surface area contributed by atoms with Gasteiger partial charge in [-0.15, -0.1) is 0 Å². The Hall–Kier alpha value is -1.66. The molecule has 0 bridgehead atoms. The predicted molar refractivity (Wildman–Crippen MR) is 69.1 cm³/mol. The lowest BCUT2D eigenvalue weighted by Crippen LogP contribution is -2.46. The fourth-order valence-corrected chi connectivity index (χ4v) is 1.48. The van der Waals surface area contributed by atoms with Crippen molar-refractivity contribution in [1.82, 2.24) is 10.6 Å². The van der Waals surface area contributed by atoms with E-state index in [0.29, 0.717) is 6.54 Å². The lowest BCUT2D eigenvalue weighted by molar-refractivity contribution is -0.0136. The molecule has 0 aromatic heterocycles. The van der Waals surface area contributed by atoms with Gasteiger partial charge in [0, 0.05) is 13.7 Å². The van der Waals surface area contributed by atoms with Gasteiger partial charge in [0.15, 0.2) is 0 Å². The molecule has 1 aromatic carbocycles. The summed E-state index contributed by atoms with van der Waals surface area (Å²) in [5.74, 6) is -0.316. The standard InChI is InChI=1S/C13H19FN2O3/c1-13(18,9-19-2)8-16-12(17)15-7-10-3-5-11(14)6-4-10/h3-6,18H,7-9H2,1-2H3,(H2,15,16,17)/t13-/m0/s1. The maximum absolute atomic E-state index is 12.7. The van der Waals surface area contributed by atoms with Crippen LogP contribution in [0.5, 0.6) is 0 Å². The summed E-state index contributed by atoms with van der Waals surface area (Å²) in [5.41, 5.74) is -0.317. The lowest BCUT2D eigenvalue weighted by Gasteiger charge is -2.22. The molecule has 0 heterocycles. The fourth-order valence-electron chi connectivity index (χ4n) is 1.48. The van der Waals surface area contributed by atoms with Crippen molar-refractivity contribution in [2.75, 3.05) is 20.3 Å². The molecular formula is C13H19FN2O3. The summed E-state index contributed by atoms with van der Waals surface area (Å²) in [5, 5.41) is 14.9. The molecule has 5 nitrogen and oxygen atoms in total. The molecular weight excluding hydrogens is 251 g/mol. The van der Waals surface area contributed by atoms with Crippen molar-refractivity contribution in [3.63, 3.8) is 0 Å². The first-order valence-corrected chi connectivity index (χ1v) is 5.90. The maximum Gasteiger partial charge on any atom is 0.315 e. The number of methoxy groups -OCH3 is 1. The van der Waals surface area contributed by atoms with Crippen LogP contribution >= 0.6 is 0 Å². The normalized spacial score (nSPS) is 13.7. The molecule has 0 aliphatic rings. The van der Waals surface area contributed by atoms with Crippen LogP contribution in [0.4, 0.5) is 9.18 Å². The second-order valence-electron chi connectivity index (χ2n) is 4.59. The second kappa shape index (κ2) is 7.06. The third-order valence-corrected chi connectivity index (χ3v) is 2.45. The summed E-state index contributed by atoms with van der Waals surface area (Å²) in [6, 6.07) is 5.45. The predicted octanol–water partition coefficient (Wildman–Crippen LogP) is 1.02. The minimum Gasteiger partial charge on any atom is -0.386 e. The zero-order chi connectivity index (χ0) is 14.3. The van der Waals surface area contributed by atoms with Crippen molar-refractivity contribution >= 4 is 6.03 Å². The zero-order valence-corrected chi connectivity index (χ0v) is 11.1. The van der Waals surface area contributed by atoms with E-state index in [1.807, 2.05) is 0 Å². The third kappa shape index (κ3) is 6.17. The van der Waals surface area contributed by atoms with Crippen molar-refractivity contribution in [3.8, 4) is 0 Å². The highest BCUT2D eigenvalue weighted by Gasteiger charge is 2.20. The molecule has 0 fully saturated rings. The van der Waals surface area contributed by atoms with Crippen LogP contribution in [-0.2, 0) is 11.3 Å². The first kappa shape index (κ1) is 15.4. The van der Waals surface area contributed by atoms with Gasteiger partial charge in [-0.05, 0) is 24.6 Å². The largest absolute Gasteiger partial charge is 0.386 e. The number of ether oxygens (including phenoxy) is 1. The van der Waals surface area contributed by atoms with Gasteiger partial charge in [-0.2, -0.15) is 0 Å². The molecule has 0 aliphatic heterocycles. The van der Waals surface area contributed by atoms with Crippen molar-refractivity contribution in [2.45, 2.75) is 19.1 Å². The Balaban J connectivity index is 2.30. The molecule has 0 spiro atoms. The van der Waals surface area contributed by atoms with Gasteiger partial charge in [0.25, 0.3) is 0 Å². The van der Waals surface area contributed by atoms with Crippen LogP contribution in [0.25, 0.3) is 0 Å². The van der Waals surface area contributed by atoms with Crippen LogP contribution in [0.1, 0.15) is 12.5 Å². The number of hydrogen-bond donors (Lipinski definition) is 3. The molecule has 0 saturated heterocycles. The summed E-state index contributed by atoms with van der Waals surface area (Å²) >= 11 is 0. The van der Waals surface area contributed by atoms with Gasteiger partial charge in [-0.3, -0.25) is 0 Å². The molecule has 1 aromatic rings. The minimum absolute atomic E-state index is 0.0795. The molecule has 0 saturated carbocycles. The SMILES string of the molecule is COC[C@@](C)(O)CNC(=O)NCc1ccc(F)cc1. The Morgan fingerprint density at radius 1 is 1.37 bits per heavy atom. The highest BCUT2D eigenvalue weighted by Crippen LogP contribution is 2.03. The number of hydrogen-bond acceptors (Lipinski definition) is 3. The fraction of sp³-hybridized carbons (Fsp3) is 0.462. The Kier molecular flexibility index (Phi) is 5.72. The van der Waals surface area contributed by atoms with Gasteiger partial charge in [0.1, 0.15) is 11.4 Å². The van der Waals surface area contributed by atoms with E-state index in [1.54, 1.807) is 19.1 Å². The lowest BCUT2D eigenvalue weighted by atomic mass is 10.1. The smallest absolute Gasteiger partial charge is 0.315 e. The number of aliphatic hydroxyl groups is 1. The molecule has 6 heteroatoms. The number of rotatable bonds is 6. The molecule has 106 valence electrons. The van der Waals surface area contributed by atoms with Gasteiger partial charge in [-0.25, -0.2) is 9.18 Å². The number of amides is 2. The topological polar surface area (TPSA) is 70.6 Å². The first-order valence-electron chi connectivity index (χ1n) is 5.90. The molecule has 0 aliphatic carbocycles. The minimum atomic E-state index is -1.11. The summed E-state index contributed by atoms with van der Waals surface area (Å²) in [6.45, 7) is 2.07. The number of benzene rings is 1. The Morgan fingerprint density at radius 2 is 2.00 bits per heavy atom. The van der Waals surface area contributed by atoms with E-state index >= 15 is 0 Å². The Morgan fingerprint density at radius 3 is 2.58 bits per heavy atom. The van der Waals surface area contributed by atoms with Crippen LogP contribution in [-0.4, -0.2) is 37.0 Å². The van der Waals surface area contributed by atoms with Gasteiger partial charge >= 0.3 is 6.03 Å². The van der Waals surface area contributed by atoms with E-state index in [2.05, 4.69) is 10.6 Å². The molecule has 3 N–H and O–H groups in total.